The molecular formula is C16H17NO2. The summed E-state index contributed by atoms with van der Waals surface area (Å²) in [4.78, 5) is 3.97. The van der Waals surface area contributed by atoms with Crippen LogP contribution < -0.4 is 4.74 Å². The lowest BCUT2D eigenvalue weighted by molar-refractivity contribution is 0.178. The molecule has 1 N–H and O–H groups in total. The van der Waals surface area contributed by atoms with Crippen molar-refractivity contribution in [3.05, 3.63) is 59.9 Å². The molecule has 0 bridgehead atoms. The zero-order chi connectivity index (χ0) is 13.1. The molecule has 0 amide bonds. The van der Waals surface area contributed by atoms with Crippen LogP contribution in [0.4, 0.5) is 0 Å². The summed E-state index contributed by atoms with van der Waals surface area (Å²) in [7, 11) is 0. The molecule has 0 saturated heterocycles. The fraction of sp³-hybridized carbons (Fsp3) is 0.312. The van der Waals surface area contributed by atoms with Gasteiger partial charge in [0.1, 0.15) is 5.75 Å². The molecule has 19 heavy (non-hydrogen) atoms. The van der Waals surface area contributed by atoms with Crippen molar-refractivity contribution in [2.45, 2.75) is 31.5 Å². The van der Waals surface area contributed by atoms with Crippen LogP contribution in [0.2, 0.25) is 0 Å². The topological polar surface area (TPSA) is 42.4 Å². The van der Waals surface area contributed by atoms with E-state index in [4.69, 9.17) is 4.74 Å². The number of aliphatic hydroxyl groups is 1. The van der Waals surface area contributed by atoms with Crippen molar-refractivity contribution < 1.29 is 9.84 Å². The number of pyridine rings is 1. The van der Waals surface area contributed by atoms with Crippen LogP contribution in [0.3, 0.4) is 0 Å². The summed E-state index contributed by atoms with van der Waals surface area (Å²) in [6.45, 7) is 0. The second-order valence-electron chi connectivity index (χ2n) is 4.96. The zero-order valence-corrected chi connectivity index (χ0v) is 10.7. The molecule has 1 saturated carbocycles. The number of rotatable bonds is 5. The fourth-order valence-corrected chi connectivity index (χ4v) is 2.01. The summed E-state index contributed by atoms with van der Waals surface area (Å²) in [6, 6.07) is 11.6. The Balaban J connectivity index is 1.64. The maximum absolute atomic E-state index is 10.2. The van der Waals surface area contributed by atoms with Gasteiger partial charge in [-0.2, -0.15) is 0 Å². The molecule has 1 aromatic carbocycles. The SMILES string of the molecule is OC(Cc1ccncc1)c1ccc(OC2CC2)cc1. The number of hydrogen-bond acceptors (Lipinski definition) is 3. The van der Waals surface area contributed by atoms with Gasteiger partial charge in [0.05, 0.1) is 12.2 Å². The fourth-order valence-electron chi connectivity index (χ4n) is 2.01. The third kappa shape index (κ3) is 3.32. The van der Waals surface area contributed by atoms with Gasteiger partial charge in [-0.3, -0.25) is 4.98 Å². The molecule has 0 radical (unpaired) electrons. The highest BCUT2D eigenvalue weighted by atomic mass is 16.5. The Hall–Kier alpha value is -1.87. The summed E-state index contributed by atoms with van der Waals surface area (Å²) in [5.74, 6) is 0.891. The Labute approximate surface area is 112 Å². The van der Waals surface area contributed by atoms with Crippen LogP contribution in [0.15, 0.2) is 48.8 Å². The number of hydrogen-bond donors (Lipinski definition) is 1. The van der Waals surface area contributed by atoms with Gasteiger partial charge in [-0.05, 0) is 48.2 Å². The maximum atomic E-state index is 10.2. The smallest absolute Gasteiger partial charge is 0.119 e. The quantitative estimate of drug-likeness (QED) is 0.893. The molecule has 3 nitrogen and oxygen atoms in total. The van der Waals surface area contributed by atoms with Gasteiger partial charge in [0.2, 0.25) is 0 Å². The number of nitrogens with zero attached hydrogens (tertiary/aromatic N) is 1. The first-order valence-electron chi connectivity index (χ1n) is 6.65. The Morgan fingerprint density at radius 3 is 2.42 bits per heavy atom. The van der Waals surface area contributed by atoms with E-state index in [1.807, 2.05) is 36.4 Å². The highest BCUT2D eigenvalue weighted by Gasteiger charge is 2.23. The average molecular weight is 255 g/mol. The normalized spacial score (nSPS) is 16.1. The minimum Gasteiger partial charge on any atom is -0.490 e. The van der Waals surface area contributed by atoms with Crippen LogP contribution in [-0.2, 0) is 6.42 Å². The molecule has 3 heteroatoms. The molecule has 1 aromatic heterocycles. The van der Waals surface area contributed by atoms with E-state index >= 15 is 0 Å². The van der Waals surface area contributed by atoms with Gasteiger partial charge < -0.3 is 9.84 Å². The Kier molecular flexibility index (Phi) is 3.47. The Morgan fingerprint density at radius 1 is 1.11 bits per heavy atom. The van der Waals surface area contributed by atoms with Crippen molar-refractivity contribution >= 4 is 0 Å². The summed E-state index contributed by atoms with van der Waals surface area (Å²) in [5, 5.41) is 10.2. The first-order valence-corrected chi connectivity index (χ1v) is 6.65. The predicted octanol–water partition coefficient (Wildman–Crippen LogP) is 2.90. The molecule has 0 aliphatic heterocycles. The third-order valence-electron chi connectivity index (χ3n) is 3.27. The lowest BCUT2D eigenvalue weighted by Crippen LogP contribution is -2.02. The molecule has 1 atom stereocenters. The summed E-state index contributed by atoms with van der Waals surface area (Å²) < 4.78 is 5.69. The molecule has 0 spiro atoms. The lowest BCUT2D eigenvalue weighted by Gasteiger charge is -2.12. The zero-order valence-electron chi connectivity index (χ0n) is 10.7. The molecule has 1 heterocycles. The monoisotopic (exact) mass is 255 g/mol. The van der Waals surface area contributed by atoms with Gasteiger partial charge in [0.15, 0.2) is 0 Å². The van der Waals surface area contributed by atoms with Gasteiger partial charge in [-0.25, -0.2) is 0 Å². The summed E-state index contributed by atoms with van der Waals surface area (Å²) in [5.41, 5.74) is 2.00. The van der Waals surface area contributed by atoms with Crippen LogP contribution in [0, 0.1) is 0 Å². The van der Waals surface area contributed by atoms with Crippen LogP contribution in [0.25, 0.3) is 0 Å². The molecule has 3 rings (SSSR count). The Bertz CT molecular complexity index is 520. The van der Waals surface area contributed by atoms with E-state index in [0.717, 1.165) is 29.7 Å². The maximum Gasteiger partial charge on any atom is 0.119 e. The largest absolute Gasteiger partial charge is 0.490 e. The van der Waals surface area contributed by atoms with Crippen molar-refractivity contribution in [3.8, 4) is 5.75 Å². The first-order chi connectivity index (χ1) is 9.31. The number of ether oxygens (including phenoxy) is 1. The van der Waals surface area contributed by atoms with Gasteiger partial charge in [-0.1, -0.05) is 12.1 Å². The van der Waals surface area contributed by atoms with E-state index in [9.17, 15) is 5.11 Å². The second-order valence-corrected chi connectivity index (χ2v) is 4.96. The van der Waals surface area contributed by atoms with Crippen LogP contribution in [0.1, 0.15) is 30.1 Å². The molecule has 2 aromatic rings. The van der Waals surface area contributed by atoms with Gasteiger partial charge >= 0.3 is 0 Å². The predicted molar refractivity (Wildman–Crippen MR) is 73.0 cm³/mol. The van der Waals surface area contributed by atoms with Crippen molar-refractivity contribution in [3.63, 3.8) is 0 Å². The van der Waals surface area contributed by atoms with E-state index in [1.165, 1.54) is 0 Å². The number of aromatic nitrogens is 1. The third-order valence-corrected chi connectivity index (χ3v) is 3.27. The highest BCUT2D eigenvalue weighted by molar-refractivity contribution is 5.30. The highest BCUT2D eigenvalue weighted by Crippen LogP contribution is 2.28. The molecule has 1 aliphatic rings. The summed E-state index contributed by atoms with van der Waals surface area (Å²) >= 11 is 0. The van der Waals surface area contributed by atoms with E-state index in [2.05, 4.69) is 4.98 Å². The van der Waals surface area contributed by atoms with Gasteiger partial charge in [0.25, 0.3) is 0 Å². The molecule has 1 unspecified atom stereocenters. The van der Waals surface area contributed by atoms with Gasteiger partial charge in [-0.15, -0.1) is 0 Å². The second kappa shape index (κ2) is 5.41. The summed E-state index contributed by atoms with van der Waals surface area (Å²) in [6.07, 6.45) is 6.33. The van der Waals surface area contributed by atoms with Crippen LogP contribution >= 0.6 is 0 Å². The van der Waals surface area contributed by atoms with Gasteiger partial charge in [0, 0.05) is 18.8 Å². The minimum atomic E-state index is -0.489. The number of aliphatic hydroxyl groups excluding tert-OH is 1. The number of benzene rings is 1. The van der Waals surface area contributed by atoms with Crippen LogP contribution in [-0.4, -0.2) is 16.2 Å². The van der Waals surface area contributed by atoms with Crippen molar-refractivity contribution in [2.75, 3.05) is 0 Å². The molecule has 98 valence electrons. The first kappa shape index (κ1) is 12.2. The standard InChI is InChI=1S/C16H17NO2/c18-16(11-12-7-9-17-10-8-12)13-1-3-14(4-2-13)19-15-5-6-15/h1-4,7-10,15-16,18H,5-6,11H2. The van der Waals surface area contributed by atoms with E-state index in [-0.39, 0.29) is 0 Å². The molecular weight excluding hydrogens is 238 g/mol. The van der Waals surface area contributed by atoms with E-state index in [0.29, 0.717) is 12.5 Å². The minimum absolute atomic E-state index is 0.410. The van der Waals surface area contributed by atoms with E-state index < -0.39 is 6.10 Å². The van der Waals surface area contributed by atoms with Crippen molar-refractivity contribution in [2.24, 2.45) is 0 Å². The Morgan fingerprint density at radius 2 is 1.79 bits per heavy atom. The molecule has 1 aliphatic carbocycles. The van der Waals surface area contributed by atoms with Crippen molar-refractivity contribution in [1.82, 2.24) is 4.98 Å². The van der Waals surface area contributed by atoms with E-state index in [1.54, 1.807) is 12.4 Å². The van der Waals surface area contributed by atoms with Crippen LogP contribution in [0.5, 0.6) is 5.75 Å². The average Bonchev–Trinajstić information content (AvgIpc) is 3.25. The molecule has 1 fully saturated rings. The van der Waals surface area contributed by atoms with Crippen molar-refractivity contribution in [1.29, 1.82) is 0 Å². The lowest BCUT2D eigenvalue weighted by atomic mass is 10.0.